The van der Waals surface area contributed by atoms with Crippen LogP contribution in [-0.4, -0.2) is 35.0 Å². The minimum atomic E-state index is -0.710. The van der Waals surface area contributed by atoms with Gasteiger partial charge in [0.25, 0.3) is 5.91 Å². The highest BCUT2D eigenvalue weighted by Gasteiger charge is 2.18. The third-order valence-corrected chi connectivity index (χ3v) is 3.79. The van der Waals surface area contributed by atoms with E-state index < -0.39 is 5.97 Å². The Bertz CT molecular complexity index is 725. The molecule has 0 saturated carbocycles. The smallest absolute Gasteiger partial charge is 0.342 e. The lowest BCUT2D eigenvalue weighted by Crippen LogP contribution is -2.34. The van der Waals surface area contributed by atoms with E-state index >= 15 is 0 Å². The normalized spacial score (nSPS) is 10.3. The van der Waals surface area contributed by atoms with Gasteiger partial charge in [0.2, 0.25) is 0 Å². The van der Waals surface area contributed by atoms with Crippen LogP contribution in [0, 0.1) is 6.92 Å². The summed E-state index contributed by atoms with van der Waals surface area (Å²) in [4.78, 5) is 26.1. The van der Waals surface area contributed by atoms with Crippen LogP contribution in [0.5, 0.6) is 5.75 Å². The van der Waals surface area contributed by atoms with E-state index in [0.29, 0.717) is 13.1 Å². The Morgan fingerprint density at radius 2 is 1.76 bits per heavy atom. The van der Waals surface area contributed by atoms with Gasteiger partial charge in [-0.25, -0.2) is 4.79 Å². The number of aromatic hydroxyl groups is 1. The lowest BCUT2D eigenvalue weighted by atomic mass is 10.1. The van der Waals surface area contributed by atoms with Crippen molar-refractivity contribution in [3.63, 3.8) is 0 Å². The van der Waals surface area contributed by atoms with E-state index in [4.69, 9.17) is 4.74 Å². The fourth-order valence-electron chi connectivity index (χ4n) is 2.42. The third kappa shape index (κ3) is 5.35. The van der Waals surface area contributed by atoms with Gasteiger partial charge in [-0.1, -0.05) is 48.9 Å². The maximum absolute atomic E-state index is 12.4. The van der Waals surface area contributed by atoms with Crippen molar-refractivity contribution in [1.29, 1.82) is 0 Å². The monoisotopic (exact) mass is 341 g/mol. The van der Waals surface area contributed by atoms with E-state index in [0.717, 1.165) is 17.5 Å². The molecule has 0 unspecified atom stereocenters. The number of hydrogen-bond acceptors (Lipinski definition) is 4. The Hall–Kier alpha value is -2.82. The predicted molar refractivity (Wildman–Crippen MR) is 95.3 cm³/mol. The van der Waals surface area contributed by atoms with Crippen molar-refractivity contribution in [3.8, 4) is 5.75 Å². The number of rotatable bonds is 7. The van der Waals surface area contributed by atoms with Gasteiger partial charge in [-0.2, -0.15) is 0 Å². The SMILES string of the molecule is CCCN(Cc1ccc(C)cc1)C(=O)COC(=O)c1ccccc1O. The van der Waals surface area contributed by atoms with Crippen LogP contribution < -0.4 is 0 Å². The lowest BCUT2D eigenvalue weighted by Gasteiger charge is -2.22. The van der Waals surface area contributed by atoms with Crippen LogP contribution in [0.2, 0.25) is 0 Å². The Balaban J connectivity index is 1.96. The molecule has 0 aliphatic heterocycles. The molecule has 5 nitrogen and oxygen atoms in total. The third-order valence-electron chi connectivity index (χ3n) is 3.79. The Labute approximate surface area is 147 Å². The second-order valence-electron chi connectivity index (χ2n) is 5.89. The number of nitrogens with zero attached hydrogens (tertiary/aromatic N) is 1. The molecule has 2 rings (SSSR count). The van der Waals surface area contributed by atoms with Crippen molar-refractivity contribution < 1.29 is 19.4 Å². The van der Waals surface area contributed by atoms with E-state index in [2.05, 4.69) is 0 Å². The summed E-state index contributed by atoms with van der Waals surface area (Å²) in [6.45, 7) is 4.71. The Kier molecular flexibility index (Phi) is 6.57. The first-order valence-electron chi connectivity index (χ1n) is 8.29. The molecule has 0 atom stereocenters. The number of phenolic OH excluding ortho intramolecular Hbond substituents is 1. The molecule has 25 heavy (non-hydrogen) atoms. The quantitative estimate of drug-likeness (QED) is 0.785. The summed E-state index contributed by atoms with van der Waals surface area (Å²) in [5.41, 5.74) is 2.24. The summed E-state index contributed by atoms with van der Waals surface area (Å²) < 4.78 is 5.06. The molecule has 132 valence electrons. The van der Waals surface area contributed by atoms with E-state index in [1.807, 2.05) is 38.1 Å². The molecule has 1 N–H and O–H groups in total. The number of benzene rings is 2. The van der Waals surface area contributed by atoms with Crippen LogP contribution in [0.25, 0.3) is 0 Å². The topological polar surface area (TPSA) is 66.8 Å². The average molecular weight is 341 g/mol. The molecule has 1 amide bonds. The van der Waals surface area contributed by atoms with E-state index in [1.54, 1.807) is 17.0 Å². The van der Waals surface area contributed by atoms with E-state index in [-0.39, 0.29) is 23.8 Å². The molecule has 2 aromatic carbocycles. The maximum atomic E-state index is 12.4. The van der Waals surface area contributed by atoms with Gasteiger partial charge < -0.3 is 14.7 Å². The molecule has 5 heteroatoms. The van der Waals surface area contributed by atoms with Gasteiger partial charge in [0.1, 0.15) is 11.3 Å². The summed E-state index contributed by atoms with van der Waals surface area (Å²) >= 11 is 0. The van der Waals surface area contributed by atoms with Gasteiger partial charge in [-0.05, 0) is 31.0 Å². The predicted octanol–water partition coefficient (Wildman–Crippen LogP) is 3.30. The number of carbonyl (C=O) groups excluding carboxylic acids is 2. The number of para-hydroxylation sites is 1. The van der Waals surface area contributed by atoms with E-state index in [9.17, 15) is 14.7 Å². The van der Waals surface area contributed by atoms with Crippen molar-refractivity contribution in [1.82, 2.24) is 4.90 Å². The van der Waals surface area contributed by atoms with Gasteiger partial charge >= 0.3 is 5.97 Å². The van der Waals surface area contributed by atoms with Gasteiger partial charge in [0, 0.05) is 13.1 Å². The summed E-state index contributed by atoms with van der Waals surface area (Å²) in [6.07, 6.45) is 0.811. The van der Waals surface area contributed by atoms with Gasteiger partial charge in [-0.15, -0.1) is 0 Å². The molecule has 0 fully saturated rings. The van der Waals surface area contributed by atoms with Crippen molar-refractivity contribution >= 4 is 11.9 Å². The van der Waals surface area contributed by atoms with Crippen LogP contribution in [0.15, 0.2) is 48.5 Å². The molecular weight excluding hydrogens is 318 g/mol. The largest absolute Gasteiger partial charge is 0.507 e. The average Bonchev–Trinajstić information content (AvgIpc) is 2.61. The molecule has 0 radical (unpaired) electrons. The second-order valence-corrected chi connectivity index (χ2v) is 5.89. The number of phenols is 1. The Morgan fingerprint density at radius 3 is 2.40 bits per heavy atom. The molecule has 0 aliphatic carbocycles. The number of amides is 1. The van der Waals surface area contributed by atoms with Crippen LogP contribution in [0.1, 0.15) is 34.8 Å². The van der Waals surface area contributed by atoms with Gasteiger partial charge in [0.15, 0.2) is 6.61 Å². The molecule has 0 saturated heterocycles. The lowest BCUT2D eigenvalue weighted by molar-refractivity contribution is -0.135. The van der Waals surface area contributed by atoms with Crippen LogP contribution in [-0.2, 0) is 16.1 Å². The molecule has 0 bridgehead atoms. The zero-order chi connectivity index (χ0) is 18.2. The first-order chi connectivity index (χ1) is 12.0. The zero-order valence-electron chi connectivity index (χ0n) is 14.6. The number of carbonyl (C=O) groups is 2. The highest BCUT2D eigenvalue weighted by Crippen LogP contribution is 2.16. The van der Waals surface area contributed by atoms with Crippen molar-refractivity contribution in [2.24, 2.45) is 0 Å². The fourth-order valence-corrected chi connectivity index (χ4v) is 2.42. The first kappa shape index (κ1) is 18.5. The number of ether oxygens (including phenoxy) is 1. The van der Waals surface area contributed by atoms with Crippen LogP contribution in [0.4, 0.5) is 0 Å². The van der Waals surface area contributed by atoms with Crippen molar-refractivity contribution in [2.45, 2.75) is 26.8 Å². The van der Waals surface area contributed by atoms with Crippen molar-refractivity contribution in [3.05, 3.63) is 65.2 Å². The van der Waals surface area contributed by atoms with Crippen LogP contribution in [0.3, 0.4) is 0 Å². The first-order valence-corrected chi connectivity index (χ1v) is 8.29. The van der Waals surface area contributed by atoms with Gasteiger partial charge in [0.05, 0.1) is 0 Å². The molecule has 0 aromatic heterocycles. The number of hydrogen-bond donors (Lipinski definition) is 1. The summed E-state index contributed by atoms with van der Waals surface area (Å²) in [5.74, 6) is -1.13. The highest BCUT2D eigenvalue weighted by molar-refractivity contribution is 5.93. The number of esters is 1. The number of aryl methyl sites for hydroxylation is 1. The molecule has 2 aromatic rings. The van der Waals surface area contributed by atoms with Crippen molar-refractivity contribution in [2.75, 3.05) is 13.2 Å². The van der Waals surface area contributed by atoms with E-state index in [1.165, 1.54) is 12.1 Å². The highest BCUT2D eigenvalue weighted by atomic mass is 16.5. The molecule has 0 spiro atoms. The summed E-state index contributed by atoms with van der Waals surface area (Å²) in [6, 6.07) is 14.1. The summed E-state index contributed by atoms with van der Waals surface area (Å²) in [7, 11) is 0. The minimum absolute atomic E-state index is 0.0517. The molecule has 0 aliphatic rings. The van der Waals surface area contributed by atoms with Crippen LogP contribution >= 0.6 is 0 Å². The molecule has 0 heterocycles. The fraction of sp³-hybridized carbons (Fsp3) is 0.300. The summed E-state index contributed by atoms with van der Waals surface area (Å²) in [5, 5.41) is 9.66. The minimum Gasteiger partial charge on any atom is -0.507 e. The Morgan fingerprint density at radius 1 is 1.08 bits per heavy atom. The maximum Gasteiger partial charge on any atom is 0.342 e. The second kappa shape index (κ2) is 8.87. The molecular formula is C20H23NO4. The zero-order valence-corrected chi connectivity index (χ0v) is 14.6. The standard InChI is InChI=1S/C20H23NO4/c1-3-12-21(13-16-10-8-15(2)9-11-16)19(23)14-25-20(24)17-6-4-5-7-18(17)22/h4-11,22H,3,12-14H2,1-2H3. The van der Waals surface area contributed by atoms with Gasteiger partial charge in [-0.3, -0.25) is 4.79 Å².